The summed E-state index contributed by atoms with van der Waals surface area (Å²) < 4.78 is 0. The first-order chi connectivity index (χ1) is 10.9. The van der Waals surface area contributed by atoms with Crippen LogP contribution in [0.1, 0.15) is 15.9 Å². The van der Waals surface area contributed by atoms with E-state index in [2.05, 4.69) is 5.32 Å². The van der Waals surface area contributed by atoms with Gasteiger partial charge in [0.1, 0.15) is 5.75 Å². The second-order valence-corrected chi connectivity index (χ2v) is 5.69. The maximum Gasteiger partial charge on any atom is 0.255 e. The highest BCUT2D eigenvalue weighted by Gasteiger charge is 2.09. The molecule has 0 bridgehead atoms. The van der Waals surface area contributed by atoms with Crippen LogP contribution in [0.4, 0.5) is 5.69 Å². The molecule has 23 heavy (non-hydrogen) atoms. The number of carbonyl (C=O) groups is 2. The molecule has 2 amide bonds. The number of aromatic hydroxyl groups is 1. The van der Waals surface area contributed by atoms with Gasteiger partial charge in [-0.1, -0.05) is 23.7 Å². The van der Waals surface area contributed by atoms with Gasteiger partial charge in [-0.15, -0.1) is 0 Å². The largest absolute Gasteiger partial charge is 0.506 e. The Labute approximate surface area is 139 Å². The highest BCUT2D eigenvalue weighted by Crippen LogP contribution is 2.24. The Morgan fingerprint density at radius 1 is 1.13 bits per heavy atom. The number of nitrogens with one attached hydrogen (secondary N) is 1. The first-order valence-electron chi connectivity index (χ1n) is 6.96. The minimum atomic E-state index is -0.330. The van der Waals surface area contributed by atoms with Crippen molar-refractivity contribution in [1.29, 1.82) is 0 Å². The quantitative estimate of drug-likeness (QED) is 0.904. The molecule has 0 radical (unpaired) electrons. The van der Waals surface area contributed by atoms with Gasteiger partial charge in [0.15, 0.2) is 0 Å². The van der Waals surface area contributed by atoms with Crippen LogP contribution in [0.15, 0.2) is 42.5 Å². The van der Waals surface area contributed by atoms with Gasteiger partial charge in [-0.3, -0.25) is 9.59 Å². The maximum absolute atomic E-state index is 12.1. The van der Waals surface area contributed by atoms with Gasteiger partial charge in [-0.2, -0.15) is 0 Å². The summed E-state index contributed by atoms with van der Waals surface area (Å²) in [5.41, 5.74) is 1.83. The van der Waals surface area contributed by atoms with Crippen LogP contribution in [0.25, 0.3) is 0 Å². The third-order valence-electron chi connectivity index (χ3n) is 3.28. The lowest BCUT2D eigenvalue weighted by Gasteiger charge is -2.11. The van der Waals surface area contributed by atoms with Crippen LogP contribution in [0.3, 0.4) is 0 Å². The number of phenols is 1. The van der Waals surface area contributed by atoms with E-state index < -0.39 is 0 Å². The van der Waals surface area contributed by atoms with E-state index in [1.807, 2.05) is 0 Å². The van der Waals surface area contributed by atoms with Gasteiger partial charge in [0.25, 0.3) is 5.91 Å². The summed E-state index contributed by atoms with van der Waals surface area (Å²) in [6.07, 6.45) is 0.314. The Morgan fingerprint density at radius 3 is 2.35 bits per heavy atom. The van der Waals surface area contributed by atoms with Gasteiger partial charge in [0.2, 0.25) is 5.91 Å². The second kappa shape index (κ2) is 7.15. The van der Waals surface area contributed by atoms with Gasteiger partial charge in [-0.25, -0.2) is 0 Å². The number of phenolic OH excluding ortho intramolecular Hbond substituents is 1. The normalized spacial score (nSPS) is 10.2. The van der Waals surface area contributed by atoms with Crippen molar-refractivity contribution in [2.75, 3.05) is 19.4 Å². The van der Waals surface area contributed by atoms with Crippen molar-refractivity contribution in [2.24, 2.45) is 0 Å². The Balaban J connectivity index is 2.04. The van der Waals surface area contributed by atoms with Crippen LogP contribution in [-0.4, -0.2) is 35.9 Å². The average Bonchev–Trinajstić information content (AvgIpc) is 2.51. The van der Waals surface area contributed by atoms with Crippen molar-refractivity contribution in [3.8, 4) is 5.75 Å². The van der Waals surface area contributed by atoms with Gasteiger partial charge in [0.05, 0.1) is 11.4 Å². The number of benzene rings is 2. The molecular weight excluding hydrogens is 316 g/mol. The molecule has 0 saturated carbocycles. The first-order valence-corrected chi connectivity index (χ1v) is 7.33. The Morgan fingerprint density at radius 2 is 1.78 bits per heavy atom. The van der Waals surface area contributed by atoms with Gasteiger partial charge in [0, 0.05) is 25.3 Å². The minimum Gasteiger partial charge on any atom is -0.506 e. The summed E-state index contributed by atoms with van der Waals surface area (Å²) in [6.45, 7) is 0. The summed E-state index contributed by atoms with van der Waals surface area (Å²) in [5, 5.41) is 12.2. The summed E-state index contributed by atoms with van der Waals surface area (Å²) in [6, 6.07) is 11.3. The minimum absolute atomic E-state index is 0.0144. The highest BCUT2D eigenvalue weighted by atomic mass is 35.5. The molecule has 0 unspecified atom stereocenters. The molecule has 0 aliphatic heterocycles. The van der Waals surface area contributed by atoms with Crippen molar-refractivity contribution in [2.45, 2.75) is 6.42 Å². The topological polar surface area (TPSA) is 69.6 Å². The molecule has 0 aromatic heterocycles. The molecule has 2 N–H and O–H groups in total. The summed E-state index contributed by atoms with van der Waals surface area (Å²) in [4.78, 5) is 25.3. The Bertz CT molecular complexity index is 727. The lowest BCUT2D eigenvalue weighted by Crippen LogP contribution is -2.23. The molecule has 0 saturated heterocycles. The van der Waals surface area contributed by atoms with Crippen LogP contribution in [-0.2, 0) is 11.2 Å². The van der Waals surface area contributed by atoms with Crippen molar-refractivity contribution in [3.63, 3.8) is 0 Å². The van der Waals surface area contributed by atoms with E-state index in [4.69, 9.17) is 11.6 Å². The van der Waals surface area contributed by atoms with Crippen LogP contribution >= 0.6 is 11.6 Å². The van der Waals surface area contributed by atoms with Gasteiger partial charge < -0.3 is 15.3 Å². The fourth-order valence-electron chi connectivity index (χ4n) is 1.89. The van der Waals surface area contributed by atoms with Crippen LogP contribution < -0.4 is 5.32 Å². The van der Waals surface area contributed by atoms with Gasteiger partial charge >= 0.3 is 0 Å². The zero-order valence-electron chi connectivity index (χ0n) is 12.8. The number of amides is 2. The van der Waals surface area contributed by atoms with Crippen molar-refractivity contribution < 1.29 is 14.7 Å². The molecule has 0 fully saturated rings. The average molecular weight is 333 g/mol. The van der Waals surface area contributed by atoms with E-state index in [1.54, 1.807) is 38.4 Å². The zero-order chi connectivity index (χ0) is 17.0. The number of halogens is 1. The standard InChI is InChI=1S/C17H17ClN2O3/c1-20(2)16(22)9-11-3-6-13(7-4-11)19-17(23)12-5-8-15(21)14(18)10-12/h3-8,10,21H,9H2,1-2H3,(H,19,23). The number of rotatable bonds is 4. The summed E-state index contributed by atoms with van der Waals surface area (Å²) >= 11 is 5.79. The van der Waals surface area contributed by atoms with E-state index >= 15 is 0 Å². The zero-order valence-corrected chi connectivity index (χ0v) is 13.6. The summed E-state index contributed by atoms with van der Waals surface area (Å²) in [7, 11) is 3.42. The molecule has 0 spiro atoms. The van der Waals surface area contributed by atoms with E-state index in [0.29, 0.717) is 17.7 Å². The number of hydrogen-bond acceptors (Lipinski definition) is 3. The third-order valence-corrected chi connectivity index (χ3v) is 3.58. The molecule has 0 aliphatic rings. The van der Waals surface area contributed by atoms with E-state index in [1.165, 1.54) is 23.1 Å². The first kappa shape index (κ1) is 16.8. The molecule has 0 aliphatic carbocycles. The fourth-order valence-corrected chi connectivity index (χ4v) is 2.07. The second-order valence-electron chi connectivity index (χ2n) is 5.28. The van der Waals surface area contributed by atoms with Crippen LogP contribution in [0, 0.1) is 0 Å². The van der Waals surface area contributed by atoms with Crippen LogP contribution in [0.5, 0.6) is 5.75 Å². The summed E-state index contributed by atoms with van der Waals surface area (Å²) in [5.74, 6) is -0.386. The highest BCUT2D eigenvalue weighted by molar-refractivity contribution is 6.32. The van der Waals surface area contributed by atoms with Crippen molar-refractivity contribution in [3.05, 3.63) is 58.6 Å². The monoisotopic (exact) mass is 332 g/mol. The Kier molecular flexibility index (Phi) is 5.24. The fraction of sp³-hybridized carbons (Fsp3) is 0.176. The molecule has 120 valence electrons. The number of nitrogens with zero attached hydrogens (tertiary/aromatic N) is 1. The predicted octanol–water partition coefficient (Wildman–Crippen LogP) is 2.93. The molecular formula is C17H17ClN2O3. The predicted molar refractivity (Wildman–Crippen MR) is 89.9 cm³/mol. The van der Waals surface area contributed by atoms with Crippen molar-refractivity contribution in [1.82, 2.24) is 4.90 Å². The van der Waals surface area contributed by atoms with Crippen LogP contribution in [0.2, 0.25) is 5.02 Å². The Hall–Kier alpha value is -2.53. The molecule has 6 heteroatoms. The lowest BCUT2D eigenvalue weighted by atomic mass is 10.1. The van der Waals surface area contributed by atoms with Crippen molar-refractivity contribution >= 4 is 29.1 Å². The number of likely N-dealkylation sites (N-methyl/N-ethyl adjacent to an activating group) is 1. The SMILES string of the molecule is CN(C)C(=O)Cc1ccc(NC(=O)c2ccc(O)c(Cl)c2)cc1. The molecule has 2 aromatic carbocycles. The van der Waals surface area contributed by atoms with E-state index in [0.717, 1.165) is 5.56 Å². The van der Waals surface area contributed by atoms with E-state index in [9.17, 15) is 14.7 Å². The molecule has 5 nitrogen and oxygen atoms in total. The molecule has 0 atom stereocenters. The molecule has 2 aromatic rings. The maximum atomic E-state index is 12.1. The lowest BCUT2D eigenvalue weighted by molar-refractivity contribution is -0.127. The third kappa shape index (κ3) is 4.47. The van der Waals surface area contributed by atoms with Gasteiger partial charge in [-0.05, 0) is 35.9 Å². The smallest absolute Gasteiger partial charge is 0.255 e. The van der Waals surface area contributed by atoms with E-state index in [-0.39, 0.29) is 22.6 Å². The number of hydrogen-bond donors (Lipinski definition) is 2. The molecule has 0 heterocycles. The number of carbonyl (C=O) groups excluding carboxylic acids is 2. The molecule has 2 rings (SSSR count). The number of anilines is 1.